The number of H-pyrrole nitrogens is 1. The maximum absolute atomic E-state index is 12.2. The van der Waals surface area contributed by atoms with Crippen molar-refractivity contribution in [3.63, 3.8) is 0 Å². The first-order valence-electron chi connectivity index (χ1n) is 5.95. The first-order valence-corrected chi connectivity index (χ1v) is 5.95. The topological polar surface area (TPSA) is 132 Å². The molecule has 0 atom stereocenters. The van der Waals surface area contributed by atoms with Gasteiger partial charge in [-0.2, -0.15) is 4.98 Å². The van der Waals surface area contributed by atoms with E-state index in [1.54, 1.807) is 14.0 Å². The second-order valence-electron chi connectivity index (χ2n) is 4.23. The van der Waals surface area contributed by atoms with Crippen molar-refractivity contribution in [1.29, 1.82) is 0 Å². The van der Waals surface area contributed by atoms with Gasteiger partial charge in [0.05, 0.1) is 6.54 Å². The lowest BCUT2D eigenvalue weighted by Crippen LogP contribution is -2.27. The molecule has 0 saturated heterocycles. The number of aromatic nitrogens is 8. The van der Waals surface area contributed by atoms with Crippen LogP contribution in [0.4, 0.5) is 0 Å². The second kappa shape index (κ2) is 5.11. The van der Waals surface area contributed by atoms with Crippen LogP contribution in [-0.4, -0.2) is 58.0 Å². The van der Waals surface area contributed by atoms with Gasteiger partial charge in [-0.3, -0.25) is 14.5 Å². The monoisotopic (exact) mass is 289 g/mol. The van der Waals surface area contributed by atoms with Gasteiger partial charge in [-0.15, -0.1) is 25.5 Å². The van der Waals surface area contributed by atoms with E-state index in [0.717, 1.165) is 0 Å². The molecule has 0 aliphatic heterocycles. The Morgan fingerprint density at radius 3 is 2.81 bits per heavy atom. The van der Waals surface area contributed by atoms with Gasteiger partial charge in [0.15, 0.2) is 0 Å². The lowest BCUT2D eigenvalue weighted by molar-refractivity contribution is 0.0760. The maximum Gasteiger partial charge on any atom is 0.291 e. The molecule has 3 aromatic rings. The lowest BCUT2D eigenvalue weighted by Gasteiger charge is -2.12. The Morgan fingerprint density at radius 1 is 1.38 bits per heavy atom. The van der Waals surface area contributed by atoms with Gasteiger partial charge < -0.3 is 9.32 Å². The average molecular weight is 289 g/mol. The van der Waals surface area contributed by atoms with Crippen molar-refractivity contribution in [3.8, 4) is 5.95 Å². The Labute approximate surface area is 118 Å². The molecule has 0 bridgehead atoms. The smallest absolute Gasteiger partial charge is 0.291 e. The van der Waals surface area contributed by atoms with Gasteiger partial charge in [0.1, 0.15) is 12.7 Å². The molecule has 21 heavy (non-hydrogen) atoms. The third-order valence-electron chi connectivity index (χ3n) is 2.61. The summed E-state index contributed by atoms with van der Waals surface area (Å²) < 4.78 is 6.70. The molecule has 3 rings (SSSR count). The van der Waals surface area contributed by atoms with E-state index >= 15 is 0 Å². The summed E-state index contributed by atoms with van der Waals surface area (Å²) in [5, 5.41) is 21.3. The van der Waals surface area contributed by atoms with Crippen LogP contribution < -0.4 is 0 Å². The summed E-state index contributed by atoms with van der Waals surface area (Å²) in [5.74, 6) is 0.822. The van der Waals surface area contributed by atoms with E-state index < -0.39 is 0 Å². The molecule has 0 fully saturated rings. The number of hydrogen-bond acceptors (Lipinski definition) is 8. The molecule has 0 aliphatic rings. The molecule has 11 nitrogen and oxygen atoms in total. The first-order chi connectivity index (χ1) is 10.1. The number of rotatable bonds is 4. The molecular formula is C10H11N9O2. The van der Waals surface area contributed by atoms with E-state index in [4.69, 9.17) is 4.42 Å². The van der Waals surface area contributed by atoms with Crippen LogP contribution in [0.2, 0.25) is 0 Å². The maximum atomic E-state index is 12.2. The zero-order valence-electron chi connectivity index (χ0n) is 11.3. The van der Waals surface area contributed by atoms with Crippen molar-refractivity contribution in [2.45, 2.75) is 13.5 Å². The highest BCUT2D eigenvalue weighted by atomic mass is 16.4. The third kappa shape index (κ3) is 2.61. The minimum atomic E-state index is -0.349. The first kappa shape index (κ1) is 12.9. The summed E-state index contributed by atoms with van der Waals surface area (Å²) in [6.07, 6.45) is 2.87. The molecule has 3 aromatic heterocycles. The van der Waals surface area contributed by atoms with Gasteiger partial charge in [0.25, 0.3) is 11.9 Å². The Morgan fingerprint density at radius 2 is 2.14 bits per heavy atom. The van der Waals surface area contributed by atoms with Crippen LogP contribution in [0.25, 0.3) is 5.95 Å². The van der Waals surface area contributed by atoms with Crippen molar-refractivity contribution < 1.29 is 9.21 Å². The van der Waals surface area contributed by atoms with E-state index in [1.807, 2.05) is 0 Å². The molecule has 1 amide bonds. The van der Waals surface area contributed by atoms with Crippen molar-refractivity contribution in [2.24, 2.45) is 0 Å². The fraction of sp³-hybridized carbons (Fsp3) is 0.300. The van der Waals surface area contributed by atoms with Crippen LogP contribution >= 0.6 is 0 Å². The lowest BCUT2D eigenvalue weighted by atomic mass is 10.4. The number of aromatic amines is 1. The van der Waals surface area contributed by atoms with Crippen molar-refractivity contribution in [3.05, 3.63) is 30.3 Å². The van der Waals surface area contributed by atoms with Gasteiger partial charge in [-0.05, 0) is 0 Å². The van der Waals surface area contributed by atoms with Gasteiger partial charge >= 0.3 is 0 Å². The van der Waals surface area contributed by atoms with E-state index in [1.165, 1.54) is 22.1 Å². The molecule has 108 valence electrons. The number of carbonyl (C=O) groups is 1. The zero-order chi connectivity index (χ0) is 14.8. The van der Waals surface area contributed by atoms with Crippen LogP contribution in [0.3, 0.4) is 0 Å². The number of aryl methyl sites for hydroxylation is 1. The standard InChI is InChI=1S/C10H11N9O2/c1-6-14-15-7(21-6)3-18(2)9(20)8-13-10(17-16-8)19-4-11-12-5-19/h4-5H,3H2,1-2H3,(H,13,16,17). The number of carbonyl (C=O) groups excluding carboxylic acids is 1. The molecule has 0 unspecified atom stereocenters. The average Bonchev–Trinajstić information content (AvgIpc) is 3.18. The quantitative estimate of drug-likeness (QED) is 0.670. The summed E-state index contributed by atoms with van der Waals surface area (Å²) in [4.78, 5) is 17.7. The van der Waals surface area contributed by atoms with E-state index in [9.17, 15) is 4.79 Å². The van der Waals surface area contributed by atoms with Gasteiger partial charge in [0.2, 0.25) is 17.6 Å². The Balaban J connectivity index is 1.72. The molecule has 0 saturated carbocycles. The van der Waals surface area contributed by atoms with Crippen LogP contribution in [0, 0.1) is 6.92 Å². The summed E-state index contributed by atoms with van der Waals surface area (Å²) in [6, 6.07) is 0. The largest absolute Gasteiger partial charge is 0.424 e. The van der Waals surface area contributed by atoms with Crippen molar-refractivity contribution in [1.82, 2.24) is 45.0 Å². The Bertz CT molecular complexity index is 744. The molecular weight excluding hydrogens is 278 g/mol. The summed E-state index contributed by atoms with van der Waals surface area (Å²) in [7, 11) is 1.60. The SMILES string of the molecule is Cc1nnc(CN(C)C(=O)c2nc(-n3cnnc3)n[nH]2)o1. The molecule has 0 aromatic carbocycles. The fourth-order valence-corrected chi connectivity index (χ4v) is 1.62. The highest BCUT2D eigenvalue weighted by molar-refractivity contribution is 5.90. The number of nitrogens with one attached hydrogen (secondary N) is 1. The zero-order valence-corrected chi connectivity index (χ0v) is 11.3. The molecule has 0 spiro atoms. The highest BCUT2D eigenvalue weighted by Crippen LogP contribution is 2.06. The third-order valence-corrected chi connectivity index (χ3v) is 2.61. The minimum absolute atomic E-state index is 0.0948. The molecule has 1 N–H and O–H groups in total. The Kier molecular flexibility index (Phi) is 3.14. The number of nitrogens with zero attached hydrogens (tertiary/aromatic N) is 8. The van der Waals surface area contributed by atoms with Crippen LogP contribution in [0.15, 0.2) is 17.1 Å². The van der Waals surface area contributed by atoms with Crippen LogP contribution in [-0.2, 0) is 6.54 Å². The van der Waals surface area contributed by atoms with Crippen molar-refractivity contribution in [2.75, 3.05) is 7.05 Å². The minimum Gasteiger partial charge on any atom is -0.424 e. The number of hydrogen-bond donors (Lipinski definition) is 1. The Hall–Kier alpha value is -3.11. The van der Waals surface area contributed by atoms with E-state index in [2.05, 4.69) is 35.6 Å². The molecule has 0 radical (unpaired) electrons. The molecule has 11 heteroatoms. The number of amides is 1. The normalized spacial score (nSPS) is 10.8. The molecule has 3 heterocycles. The second-order valence-corrected chi connectivity index (χ2v) is 4.23. The summed E-state index contributed by atoms with van der Waals surface area (Å²) >= 11 is 0. The predicted octanol–water partition coefficient (Wildman–Crippen LogP) is -0.651. The summed E-state index contributed by atoms with van der Waals surface area (Å²) in [5.41, 5.74) is 0. The van der Waals surface area contributed by atoms with E-state index in [0.29, 0.717) is 11.8 Å². The van der Waals surface area contributed by atoms with Crippen LogP contribution in [0.5, 0.6) is 0 Å². The van der Waals surface area contributed by atoms with Gasteiger partial charge in [-0.1, -0.05) is 0 Å². The van der Waals surface area contributed by atoms with Crippen LogP contribution in [0.1, 0.15) is 22.4 Å². The fourth-order valence-electron chi connectivity index (χ4n) is 1.62. The van der Waals surface area contributed by atoms with Crippen molar-refractivity contribution >= 4 is 5.91 Å². The van der Waals surface area contributed by atoms with E-state index in [-0.39, 0.29) is 24.2 Å². The summed E-state index contributed by atoms with van der Waals surface area (Å²) in [6.45, 7) is 1.86. The highest BCUT2D eigenvalue weighted by Gasteiger charge is 2.19. The van der Waals surface area contributed by atoms with Gasteiger partial charge in [0, 0.05) is 14.0 Å². The van der Waals surface area contributed by atoms with Gasteiger partial charge in [-0.25, -0.2) is 0 Å². The predicted molar refractivity (Wildman–Crippen MR) is 66.1 cm³/mol. The molecule has 0 aliphatic carbocycles.